The number of carboxylic acids is 1. The maximum atomic E-state index is 12.2. The molecule has 0 bridgehead atoms. The topological polar surface area (TPSA) is 69.7 Å². The minimum absolute atomic E-state index is 0.214. The van der Waals surface area contributed by atoms with Crippen LogP contribution in [-0.2, 0) is 9.59 Å². The molecule has 5 nitrogen and oxygen atoms in total. The SMILES string of the molecule is COc1cccc(/C=C2/SC(=S)N([C@H](C)C(=O)[O-])C2=O)c1. The minimum Gasteiger partial charge on any atom is -0.548 e. The Labute approximate surface area is 131 Å². The van der Waals surface area contributed by atoms with Gasteiger partial charge < -0.3 is 14.6 Å². The summed E-state index contributed by atoms with van der Waals surface area (Å²) in [5, 5.41) is 10.9. The molecule has 110 valence electrons. The van der Waals surface area contributed by atoms with Gasteiger partial charge >= 0.3 is 0 Å². The second kappa shape index (κ2) is 6.28. The summed E-state index contributed by atoms with van der Waals surface area (Å²) in [6.45, 7) is 1.37. The Morgan fingerprint density at radius 1 is 1.52 bits per heavy atom. The number of benzene rings is 1. The van der Waals surface area contributed by atoms with E-state index in [0.717, 1.165) is 22.2 Å². The third-order valence-corrected chi connectivity index (χ3v) is 4.27. The molecule has 1 heterocycles. The summed E-state index contributed by atoms with van der Waals surface area (Å²) < 4.78 is 5.33. The van der Waals surface area contributed by atoms with Crippen molar-refractivity contribution in [2.24, 2.45) is 0 Å². The number of carboxylic acid groups (broad SMARTS) is 1. The maximum absolute atomic E-state index is 12.2. The van der Waals surface area contributed by atoms with E-state index in [1.54, 1.807) is 31.4 Å². The Bertz CT molecular complexity index is 642. The van der Waals surface area contributed by atoms with Gasteiger partial charge in [-0.1, -0.05) is 36.1 Å². The zero-order valence-corrected chi connectivity index (χ0v) is 13.0. The van der Waals surface area contributed by atoms with E-state index in [9.17, 15) is 14.7 Å². The summed E-state index contributed by atoms with van der Waals surface area (Å²) in [6.07, 6.45) is 1.66. The lowest BCUT2D eigenvalue weighted by molar-refractivity contribution is -0.309. The number of thiocarbonyl (C=S) groups is 1. The number of rotatable bonds is 4. The van der Waals surface area contributed by atoms with Gasteiger partial charge in [-0.15, -0.1) is 0 Å². The Kier molecular flexibility index (Phi) is 4.64. The van der Waals surface area contributed by atoms with Crippen LogP contribution in [0.2, 0.25) is 0 Å². The molecule has 0 N–H and O–H groups in total. The second-order valence-corrected chi connectivity index (χ2v) is 6.00. The Morgan fingerprint density at radius 2 is 2.24 bits per heavy atom. The van der Waals surface area contributed by atoms with Crippen LogP contribution in [0.3, 0.4) is 0 Å². The van der Waals surface area contributed by atoms with Crippen LogP contribution >= 0.6 is 24.0 Å². The van der Waals surface area contributed by atoms with Gasteiger partial charge in [-0.3, -0.25) is 9.69 Å². The minimum atomic E-state index is -1.34. The molecule has 1 saturated heterocycles. The van der Waals surface area contributed by atoms with Crippen LogP contribution in [0.5, 0.6) is 5.75 Å². The van der Waals surface area contributed by atoms with Crippen molar-refractivity contribution in [3.63, 3.8) is 0 Å². The normalized spacial score (nSPS) is 18.2. The summed E-state index contributed by atoms with van der Waals surface area (Å²) in [6, 6.07) is 6.09. The highest BCUT2D eigenvalue weighted by Gasteiger charge is 2.35. The summed E-state index contributed by atoms with van der Waals surface area (Å²) >= 11 is 6.14. The second-order valence-electron chi connectivity index (χ2n) is 4.32. The fourth-order valence-corrected chi connectivity index (χ4v) is 3.22. The third-order valence-electron chi connectivity index (χ3n) is 2.94. The van der Waals surface area contributed by atoms with Crippen molar-refractivity contribution in [1.29, 1.82) is 0 Å². The number of carbonyl (C=O) groups excluding carboxylic acids is 2. The number of methoxy groups -OCH3 is 1. The van der Waals surface area contributed by atoms with E-state index in [0.29, 0.717) is 10.7 Å². The van der Waals surface area contributed by atoms with Crippen LogP contribution in [0.1, 0.15) is 12.5 Å². The monoisotopic (exact) mass is 322 g/mol. The molecular weight excluding hydrogens is 310 g/mol. The number of hydrogen-bond donors (Lipinski definition) is 0. The molecule has 1 aromatic carbocycles. The number of amides is 1. The van der Waals surface area contributed by atoms with Crippen molar-refractivity contribution in [2.75, 3.05) is 7.11 Å². The number of hydrogen-bond acceptors (Lipinski definition) is 6. The zero-order valence-electron chi connectivity index (χ0n) is 11.4. The van der Waals surface area contributed by atoms with Crippen LogP contribution in [0, 0.1) is 0 Å². The van der Waals surface area contributed by atoms with Crippen molar-refractivity contribution >= 4 is 46.3 Å². The lowest BCUT2D eigenvalue weighted by atomic mass is 10.2. The van der Waals surface area contributed by atoms with E-state index in [4.69, 9.17) is 17.0 Å². The van der Waals surface area contributed by atoms with Crippen molar-refractivity contribution in [2.45, 2.75) is 13.0 Å². The average Bonchev–Trinajstić information content (AvgIpc) is 2.73. The highest BCUT2D eigenvalue weighted by atomic mass is 32.2. The first-order valence-corrected chi connectivity index (χ1v) is 7.28. The Morgan fingerprint density at radius 3 is 2.86 bits per heavy atom. The van der Waals surface area contributed by atoms with Gasteiger partial charge in [0.05, 0.1) is 24.0 Å². The van der Waals surface area contributed by atoms with Crippen molar-refractivity contribution < 1.29 is 19.4 Å². The average molecular weight is 322 g/mol. The number of thioether (sulfide) groups is 1. The number of aliphatic carboxylic acids is 1. The maximum Gasteiger partial charge on any atom is 0.266 e. The van der Waals surface area contributed by atoms with E-state index in [1.807, 2.05) is 6.07 Å². The predicted molar refractivity (Wildman–Crippen MR) is 82.5 cm³/mol. The fraction of sp³-hybridized carbons (Fsp3) is 0.214. The molecule has 1 atom stereocenters. The molecule has 1 fully saturated rings. The number of carbonyl (C=O) groups is 2. The van der Waals surface area contributed by atoms with E-state index in [1.165, 1.54) is 6.92 Å². The van der Waals surface area contributed by atoms with Crippen molar-refractivity contribution in [3.8, 4) is 5.75 Å². The van der Waals surface area contributed by atoms with Gasteiger partial charge in [0.25, 0.3) is 5.91 Å². The summed E-state index contributed by atoms with van der Waals surface area (Å²) in [7, 11) is 1.56. The standard InChI is InChI=1S/C14H13NO4S2/c1-8(13(17)18)15-12(16)11(21-14(15)20)7-9-4-3-5-10(6-9)19-2/h3-8H,1-2H3,(H,17,18)/p-1/b11-7+/t8-/m1/s1. The molecule has 1 aliphatic rings. The molecule has 1 amide bonds. The highest BCUT2D eigenvalue weighted by molar-refractivity contribution is 8.26. The first-order valence-electron chi connectivity index (χ1n) is 6.06. The van der Waals surface area contributed by atoms with E-state index >= 15 is 0 Å². The van der Waals surface area contributed by atoms with Gasteiger partial charge in [-0.05, 0) is 30.7 Å². The Hall–Kier alpha value is -1.86. The first-order chi connectivity index (χ1) is 9.93. The molecule has 1 aromatic rings. The van der Waals surface area contributed by atoms with Crippen LogP contribution in [-0.4, -0.2) is 34.2 Å². The van der Waals surface area contributed by atoms with Crippen LogP contribution in [0.15, 0.2) is 29.2 Å². The van der Waals surface area contributed by atoms with Gasteiger partial charge in [-0.25, -0.2) is 0 Å². The quantitative estimate of drug-likeness (QED) is 0.609. The van der Waals surface area contributed by atoms with Crippen molar-refractivity contribution in [1.82, 2.24) is 4.90 Å². The molecule has 0 radical (unpaired) electrons. The molecule has 0 spiro atoms. The largest absolute Gasteiger partial charge is 0.548 e. The van der Waals surface area contributed by atoms with Crippen molar-refractivity contribution in [3.05, 3.63) is 34.7 Å². The van der Waals surface area contributed by atoms with E-state index in [-0.39, 0.29) is 4.32 Å². The highest BCUT2D eigenvalue weighted by Crippen LogP contribution is 2.34. The lowest BCUT2D eigenvalue weighted by Gasteiger charge is -2.23. The fourth-order valence-electron chi connectivity index (χ4n) is 1.80. The Balaban J connectivity index is 2.29. The first kappa shape index (κ1) is 15.5. The van der Waals surface area contributed by atoms with Gasteiger partial charge in [0.1, 0.15) is 10.1 Å². The molecule has 1 aliphatic heterocycles. The lowest BCUT2D eigenvalue weighted by Crippen LogP contribution is -2.48. The smallest absolute Gasteiger partial charge is 0.266 e. The van der Waals surface area contributed by atoms with Crippen LogP contribution < -0.4 is 9.84 Å². The molecule has 2 rings (SSSR count). The zero-order chi connectivity index (χ0) is 15.6. The number of ether oxygens (including phenoxy) is 1. The number of nitrogens with zero attached hydrogens (tertiary/aromatic N) is 1. The van der Waals surface area contributed by atoms with E-state index < -0.39 is 17.9 Å². The molecule has 0 aromatic heterocycles. The third kappa shape index (κ3) is 3.25. The molecule has 0 aliphatic carbocycles. The molecule has 7 heteroatoms. The van der Waals surface area contributed by atoms with Crippen LogP contribution in [0.25, 0.3) is 6.08 Å². The van der Waals surface area contributed by atoms with Gasteiger partial charge in [0.15, 0.2) is 0 Å². The summed E-state index contributed by atoms with van der Waals surface area (Å²) in [4.78, 5) is 24.6. The molecule has 21 heavy (non-hydrogen) atoms. The van der Waals surface area contributed by atoms with E-state index in [2.05, 4.69) is 0 Å². The summed E-state index contributed by atoms with van der Waals surface area (Å²) in [5.41, 5.74) is 0.774. The summed E-state index contributed by atoms with van der Waals surface area (Å²) in [5.74, 6) is -1.10. The van der Waals surface area contributed by atoms with Gasteiger partial charge in [0, 0.05) is 0 Å². The predicted octanol–water partition coefficient (Wildman–Crippen LogP) is 1.03. The van der Waals surface area contributed by atoms with Crippen LogP contribution in [0.4, 0.5) is 0 Å². The molecule has 0 unspecified atom stereocenters. The molecular formula is C14H12NO4S2-. The molecule has 0 saturated carbocycles. The van der Waals surface area contributed by atoms with Gasteiger partial charge in [-0.2, -0.15) is 0 Å². The van der Waals surface area contributed by atoms with Gasteiger partial charge in [0.2, 0.25) is 0 Å².